The topological polar surface area (TPSA) is 32.8 Å². The summed E-state index contributed by atoms with van der Waals surface area (Å²) in [6.07, 6.45) is 6.62. The second-order valence-corrected chi connectivity index (χ2v) is 6.68. The molecule has 1 aliphatic rings. The highest BCUT2D eigenvalue weighted by Crippen LogP contribution is 2.17. The zero-order chi connectivity index (χ0) is 17.2. The van der Waals surface area contributed by atoms with Crippen LogP contribution in [0.2, 0.25) is 0 Å². The molecule has 24 heavy (non-hydrogen) atoms. The lowest BCUT2D eigenvalue weighted by molar-refractivity contribution is -0.130. The van der Waals surface area contributed by atoms with E-state index in [0.29, 0.717) is 13.0 Å². The molecule has 0 bridgehead atoms. The molecule has 134 valence electrons. The van der Waals surface area contributed by atoms with Crippen molar-refractivity contribution in [2.45, 2.75) is 52.0 Å². The molecule has 1 heterocycles. The van der Waals surface area contributed by atoms with Gasteiger partial charge in [-0.2, -0.15) is 0 Å². The summed E-state index contributed by atoms with van der Waals surface area (Å²) in [6, 6.07) is 8.58. The van der Waals surface area contributed by atoms with Crippen LogP contribution in [-0.2, 0) is 16.1 Å². The van der Waals surface area contributed by atoms with Gasteiger partial charge >= 0.3 is 0 Å². The molecule has 0 unspecified atom stereocenters. The van der Waals surface area contributed by atoms with E-state index in [2.05, 4.69) is 36.1 Å². The fraction of sp³-hybridized carbons (Fsp3) is 0.650. The van der Waals surface area contributed by atoms with Crippen molar-refractivity contribution in [2.24, 2.45) is 0 Å². The van der Waals surface area contributed by atoms with Crippen LogP contribution in [0.25, 0.3) is 0 Å². The fourth-order valence-electron chi connectivity index (χ4n) is 3.07. The van der Waals surface area contributed by atoms with Gasteiger partial charge in [0.1, 0.15) is 0 Å². The summed E-state index contributed by atoms with van der Waals surface area (Å²) in [4.78, 5) is 16.4. The second kappa shape index (κ2) is 10.3. The number of hydrogen-bond donors (Lipinski definition) is 0. The Bertz CT molecular complexity index is 481. The van der Waals surface area contributed by atoms with Crippen LogP contribution in [0.15, 0.2) is 24.3 Å². The molecule has 4 heteroatoms. The van der Waals surface area contributed by atoms with Crippen LogP contribution < -0.4 is 4.90 Å². The lowest BCUT2D eigenvalue weighted by Crippen LogP contribution is -2.36. The number of unbranched alkanes of at least 4 members (excludes halogenated alkanes) is 4. The predicted octanol–water partition coefficient (Wildman–Crippen LogP) is 3.84. The van der Waals surface area contributed by atoms with Crippen molar-refractivity contribution in [1.29, 1.82) is 0 Å². The molecule has 0 aromatic heterocycles. The van der Waals surface area contributed by atoms with E-state index >= 15 is 0 Å². The monoisotopic (exact) mass is 332 g/mol. The van der Waals surface area contributed by atoms with Crippen molar-refractivity contribution in [3.05, 3.63) is 29.8 Å². The van der Waals surface area contributed by atoms with Crippen molar-refractivity contribution in [1.82, 2.24) is 4.90 Å². The first kappa shape index (κ1) is 18.8. The number of rotatable bonds is 9. The van der Waals surface area contributed by atoms with Gasteiger partial charge in [0.15, 0.2) is 0 Å². The summed E-state index contributed by atoms with van der Waals surface area (Å²) >= 11 is 0. The highest BCUT2D eigenvalue weighted by Gasteiger charge is 2.12. The van der Waals surface area contributed by atoms with E-state index in [-0.39, 0.29) is 5.91 Å². The molecule has 1 aromatic carbocycles. The van der Waals surface area contributed by atoms with Gasteiger partial charge in [-0.15, -0.1) is 0 Å². The van der Waals surface area contributed by atoms with E-state index in [4.69, 9.17) is 4.74 Å². The SMILES string of the molecule is CCCCCCCC(=O)N(C)Cc1ccc(N2CCOCC2)cc1. The van der Waals surface area contributed by atoms with E-state index in [1.165, 1.54) is 36.9 Å². The average molecular weight is 332 g/mol. The molecule has 0 radical (unpaired) electrons. The first-order valence-electron chi connectivity index (χ1n) is 9.36. The molecule has 1 fully saturated rings. The molecule has 4 nitrogen and oxygen atoms in total. The van der Waals surface area contributed by atoms with E-state index in [9.17, 15) is 4.79 Å². The molecule has 1 aliphatic heterocycles. The fourth-order valence-corrected chi connectivity index (χ4v) is 3.07. The summed E-state index contributed by atoms with van der Waals surface area (Å²) in [5.41, 5.74) is 2.43. The predicted molar refractivity (Wildman–Crippen MR) is 99.3 cm³/mol. The number of amides is 1. The van der Waals surface area contributed by atoms with Gasteiger partial charge in [0.25, 0.3) is 0 Å². The Balaban J connectivity index is 1.74. The zero-order valence-corrected chi connectivity index (χ0v) is 15.3. The molecule has 0 spiro atoms. The van der Waals surface area contributed by atoms with Crippen molar-refractivity contribution in [3.8, 4) is 0 Å². The molecule has 0 saturated carbocycles. The normalized spacial score (nSPS) is 14.7. The minimum absolute atomic E-state index is 0.253. The first-order valence-corrected chi connectivity index (χ1v) is 9.36. The van der Waals surface area contributed by atoms with Crippen LogP contribution in [0, 0.1) is 0 Å². The van der Waals surface area contributed by atoms with Crippen LogP contribution in [0.1, 0.15) is 51.0 Å². The number of carbonyl (C=O) groups is 1. The maximum absolute atomic E-state index is 12.2. The van der Waals surface area contributed by atoms with E-state index < -0.39 is 0 Å². The molecule has 1 saturated heterocycles. The number of carbonyl (C=O) groups excluding carboxylic acids is 1. The van der Waals surface area contributed by atoms with E-state index in [0.717, 1.165) is 32.7 Å². The summed E-state index contributed by atoms with van der Waals surface area (Å²) in [5.74, 6) is 0.253. The minimum Gasteiger partial charge on any atom is -0.378 e. The minimum atomic E-state index is 0.253. The summed E-state index contributed by atoms with van der Waals surface area (Å²) in [6.45, 7) is 6.42. The maximum atomic E-state index is 12.2. The Morgan fingerprint density at radius 2 is 1.75 bits per heavy atom. The quantitative estimate of drug-likeness (QED) is 0.644. The van der Waals surface area contributed by atoms with Gasteiger partial charge in [-0.3, -0.25) is 4.79 Å². The van der Waals surface area contributed by atoms with E-state index in [1.807, 2.05) is 11.9 Å². The van der Waals surface area contributed by atoms with E-state index in [1.54, 1.807) is 0 Å². The Kier molecular flexibility index (Phi) is 8.10. The standard InChI is InChI=1S/C20H32N2O2/c1-3-4-5-6-7-8-20(23)21(2)17-18-9-11-19(12-10-18)22-13-15-24-16-14-22/h9-12H,3-8,13-17H2,1-2H3. The van der Waals surface area contributed by atoms with Gasteiger partial charge in [0.05, 0.1) is 13.2 Å². The van der Waals surface area contributed by atoms with Crippen LogP contribution in [-0.4, -0.2) is 44.2 Å². The Labute approximate surface area is 146 Å². The van der Waals surface area contributed by atoms with Crippen LogP contribution in [0.4, 0.5) is 5.69 Å². The third kappa shape index (κ3) is 6.16. The number of benzene rings is 1. The smallest absolute Gasteiger partial charge is 0.222 e. The second-order valence-electron chi connectivity index (χ2n) is 6.68. The lowest BCUT2D eigenvalue weighted by Gasteiger charge is -2.29. The van der Waals surface area contributed by atoms with Crippen molar-refractivity contribution >= 4 is 11.6 Å². The van der Waals surface area contributed by atoms with Gasteiger partial charge in [0.2, 0.25) is 5.91 Å². The molecule has 1 aromatic rings. The molecular formula is C20H32N2O2. The Morgan fingerprint density at radius 3 is 2.42 bits per heavy atom. The van der Waals surface area contributed by atoms with Gasteiger partial charge in [-0.25, -0.2) is 0 Å². The summed E-state index contributed by atoms with van der Waals surface area (Å²) in [7, 11) is 1.91. The highest BCUT2D eigenvalue weighted by atomic mass is 16.5. The van der Waals surface area contributed by atoms with Gasteiger partial charge in [-0.05, 0) is 24.1 Å². The van der Waals surface area contributed by atoms with Crippen LogP contribution in [0.5, 0.6) is 0 Å². The lowest BCUT2D eigenvalue weighted by atomic mass is 10.1. The zero-order valence-electron chi connectivity index (χ0n) is 15.3. The number of ether oxygens (including phenoxy) is 1. The van der Waals surface area contributed by atoms with Crippen LogP contribution in [0.3, 0.4) is 0 Å². The molecule has 2 rings (SSSR count). The van der Waals surface area contributed by atoms with Crippen molar-refractivity contribution < 1.29 is 9.53 Å². The number of nitrogens with zero attached hydrogens (tertiary/aromatic N) is 2. The third-order valence-electron chi connectivity index (χ3n) is 4.65. The molecular weight excluding hydrogens is 300 g/mol. The number of anilines is 1. The summed E-state index contributed by atoms with van der Waals surface area (Å²) in [5, 5.41) is 0. The van der Waals surface area contributed by atoms with Crippen LogP contribution >= 0.6 is 0 Å². The number of morpholine rings is 1. The molecule has 1 amide bonds. The van der Waals surface area contributed by atoms with Crippen molar-refractivity contribution in [2.75, 3.05) is 38.3 Å². The maximum Gasteiger partial charge on any atom is 0.222 e. The largest absolute Gasteiger partial charge is 0.378 e. The molecule has 0 aliphatic carbocycles. The van der Waals surface area contributed by atoms with Gasteiger partial charge < -0.3 is 14.5 Å². The Morgan fingerprint density at radius 1 is 1.08 bits per heavy atom. The van der Waals surface area contributed by atoms with Gasteiger partial charge in [-0.1, -0.05) is 44.7 Å². The first-order chi connectivity index (χ1) is 11.7. The van der Waals surface area contributed by atoms with Gasteiger partial charge in [0, 0.05) is 38.8 Å². The average Bonchev–Trinajstić information content (AvgIpc) is 2.62. The third-order valence-corrected chi connectivity index (χ3v) is 4.65. The summed E-state index contributed by atoms with van der Waals surface area (Å²) < 4.78 is 5.39. The molecule has 0 N–H and O–H groups in total. The van der Waals surface area contributed by atoms with Crippen molar-refractivity contribution in [3.63, 3.8) is 0 Å². The Hall–Kier alpha value is -1.55. The number of hydrogen-bond acceptors (Lipinski definition) is 3. The molecule has 0 atom stereocenters. The highest BCUT2D eigenvalue weighted by molar-refractivity contribution is 5.75.